The van der Waals surface area contributed by atoms with Gasteiger partial charge in [0, 0.05) is 17.9 Å². The van der Waals surface area contributed by atoms with Crippen molar-refractivity contribution in [1.82, 2.24) is 15.5 Å². The van der Waals surface area contributed by atoms with Gasteiger partial charge in [-0.3, -0.25) is 9.59 Å². The Kier molecular flexibility index (Phi) is 8.03. The molecule has 7 heteroatoms. The Hall–Kier alpha value is -1.68. The molecule has 0 spiro atoms. The monoisotopic (exact) mass is 380 g/mol. The van der Waals surface area contributed by atoms with Crippen molar-refractivity contribution in [3.05, 3.63) is 0 Å². The summed E-state index contributed by atoms with van der Waals surface area (Å²) in [6, 6.07) is 1.48. The third-order valence-corrected chi connectivity index (χ3v) is 5.72. The van der Waals surface area contributed by atoms with Gasteiger partial charge in [0.15, 0.2) is 0 Å². The minimum atomic E-state index is -1.11. The summed E-state index contributed by atoms with van der Waals surface area (Å²) < 4.78 is 13.4. The molecule has 1 aliphatic heterocycles. The summed E-state index contributed by atoms with van der Waals surface area (Å²) in [7, 11) is 0. The lowest BCUT2D eigenvalue weighted by molar-refractivity contribution is -0.134. The van der Waals surface area contributed by atoms with Gasteiger partial charge in [-0.2, -0.15) is 5.26 Å². The first kappa shape index (κ1) is 21.6. The van der Waals surface area contributed by atoms with Crippen molar-refractivity contribution < 1.29 is 14.0 Å². The molecular weight excluding hydrogens is 347 g/mol. The second-order valence-corrected chi connectivity index (χ2v) is 8.27. The Bertz CT molecular complexity index is 555. The lowest BCUT2D eigenvalue weighted by Crippen LogP contribution is -2.45. The van der Waals surface area contributed by atoms with Crippen LogP contribution >= 0.6 is 0 Å². The second kappa shape index (κ2) is 10.0. The van der Waals surface area contributed by atoms with E-state index in [1.807, 2.05) is 19.9 Å². The average Bonchev–Trinajstić information content (AvgIpc) is 3.02. The number of carbonyl (C=O) groups excluding carboxylic acids is 2. The minimum Gasteiger partial charge on any atom is -0.353 e. The number of nitriles is 1. The molecule has 1 saturated heterocycles. The van der Waals surface area contributed by atoms with Crippen LogP contribution in [0.5, 0.6) is 0 Å². The molecule has 27 heavy (non-hydrogen) atoms. The summed E-state index contributed by atoms with van der Waals surface area (Å²) in [5.41, 5.74) is -0.281. The molecule has 6 nitrogen and oxygen atoms in total. The highest BCUT2D eigenvalue weighted by atomic mass is 19.1. The number of alkyl halides is 1. The van der Waals surface area contributed by atoms with Gasteiger partial charge in [-0.1, -0.05) is 19.3 Å². The minimum absolute atomic E-state index is 0.0111. The van der Waals surface area contributed by atoms with Crippen LogP contribution in [-0.4, -0.2) is 54.6 Å². The molecule has 2 amide bonds. The van der Waals surface area contributed by atoms with Crippen LogP contribution < -0.4 is 10.6 Å². The second-order valence-electron chi connectivity index (χ2n) is 8.27. The summed E-state index contributed by atoms with van der Waals surface area (Å²) in [6.45, 7) is 4.72. The van der Waals surface area contributed by atoms with E-state index >= 15 is 0 Å². The van der Waals surface area contributed by atoms with E-state index in [1.54, 1.807) is 0 Å². The van der Waals surface area contributed by atoms with Crippen LogP contribution in [0.1, 0.15) is 65.2 Å². The Morgan fingerprint density at radius 3 is 2.63 bits per heavy atom. The van der Waals surface area contributed by atoms with Gasteiger partial charge in [0.1, 0.15) is 12.2 Å². The summed E-state index contributed by atoms with van der Waals surface area (Å²) in [5, 5.41) is 15.2. The zero-order valence-corrected chi connectivity index (χ0v) is 16.6. The van der Waals surface area contributed by atoms with E-state index in [0.717, 1.165) is 38.5 Å². The first-order valence-electron chi connectivity index (χ1n) is 10.2. The van der Waals surface area contributed by atoms with Crippen LogP contribution in [-0.2, 0) is 9.59 Å². The van der Waals surface area contributed by atoms with Crippen LogP contribution in [0, 0.1) is 16.7 Å². The molecule has 0 aromatic heterocycles. The van der Waals surface area contributed by atoms with E-state index in [4.69, 9.17) is 5.26 Å². The highest BCUT2D eigenvalue weighted by Crippen LogP contribution is 2.40. The first-order chi connectivity index (χ1) is 12.9. The van der Waals surface area contributed by atoms with E-state index in [0.29, 0.717) is 6.54 Å². The molecular formula is C20H33FN4O2. The van der Waals surface area contributed by atoms with Crippen LogP contribution in [0.3, 0.4) is 0 Å². The predicted molar refractivity (Wildman–Crippen MR) is 102 cm³/mol. The number of hydrogen-bond donors (Lipinski definition) is 2. The maximum Gasteiger partial charge on any atom is 0.237 e. The number of rotatable bonds is 8. The van der Waals surface area contributed by atoms with Crippen molar-refractivity contribution in [3.8, 4) is 6.07 Å². The van der Waals surface area contributed by atoms with Crippen LogP contribution in [0.4, 0.5) is 4.39 Å². The summed E-state index contributed by atoms with van der Waals surface area (Å²) >= 11 is 0. The molecule has 1 aliphatic carbocycles. The van der Waals surface area contributed by atoms with Crippen LogP contribution in [0.15, 0.2) is 0 Å². The topological polar surface area (TPSA) is 85.2 Å². The maximum absolute atomic E-state index is 13.4. The number of amides is 2. The van der Waals surface area contributed by atoms with Gasteiger partial charge in [-0.15, -0.1) is 0 Å². The molecule has 1 saturated carbocycles. The Morgan fingerprint density at radius 1 is 1.30 bits per heavy atom. The number of likely N-dealkylation sites (tertiary alicyclic amines) is 1. The zero-order valence-electron chi connectivity index (χ0n) is 16.6. The summed E-state index contributed by atoms with van der Waals surface area (Å²) in [4.78, 5) is 26.2. The molecule has 2 fully saturated rings. The van der Waals surface area contributed by atoms with Crippen LogP contribution in [0.2, 0.25) is 0 Å². The molecule has 2 aliphatic rings. The van der Waals surface area contributed by atoms with E-state index in [9.17, 15) is 14.0 Å². The average molecular weight is 381 g/mol. The number of nitrogens with zero attached hydrogens (tertiary/aromatic N) is 2. The molecule has 0 unspecified atom stereocenters. The SMILES string of the molecule is CC(C)NC(=O)C1(CCCNCC(=O)N2C[C@@H](F)C[C@H]2C#N)CCCCC1. The van der Waals surface area contributed by atoms with Gasteiger partial charge in [0.2, 0.25) is 11.8 Å². The van der Waals surface area contributed by atoms with E-state index in [-0.39, 0.29) is 42.8 Å². The first-order valence-corrected chi connectivity index (χ1v) is 10.2. The lowest BCUT2D eigenvalue weighted by Gasteiger charge is -2.36. The Balaban J connectivity index is 1.76. The normalized spacial score (nSPS) is 24.6. The van der Waals surface area contributed by atoms with Crippen molar-refractivity contribution in [2.75, 3.05) is 19.6 Å². The van der Waals surface area contributed by atoms with Gasteiger partial charge in [-0.25, -0.2) is 4.39 Å². The molecule has 0 aromatic carbocycles. The zero-order chi connectivity index (χ0) is 19.9. The van der Waals surface area contributed by atoms with Crippen LogP contribution in [0.25, 0.3) is 0 Å². The van der Waals surface area contributed by atoms with Crippen molar-refractivity contribution >= 4 is 11.8 Å². The van der Waals surface area contributed by atoms with E-state index < -0.39 is 12.2 Å². The fourth-order valence-electron chi connectivity index (χ4n) is 4.27. The molecule has 152 valence electrons. The summed E-state index contributed by atoms with van der Waals surface area (Å²) in [6.07, 6.45) is 5.85. The third-order valence-electron chi connectivity index (χ3n) is 5.72. The molecule has 2 N–H and O–H groups in total. The summed E-state index contributed by atoms with van der Waals surface area (Å²) in [5.74, 6) is -0.0668. The number of halogens is 1. The van der Waals surface area contributed by atoms with Gasteiger partial charge in [-0.05, 0) is 46.1 Å². The van der Waals surface area contributed by atoms with Gasteiger partial charge < -0.3 is 15.5 Å². The maximum atomic E-state index is 13.4. The number of hydrogen-bond acceptors (Lipinski definition) is 4. The van der Waals surface area contributed by atoms with Gasteiger partial charge in [0.25, 0.3) is 0 Å². The van der Waals surface area contributed by atoms with E-state index in [1.165, 1.54) is 11.3 Å². The van der Waals surface area contributed by atoms with Gasteiger partial charge >= 0.3 is 0 Å². The third kappa shape index (κ3) is 5.90. The number of carbonyl (C=O) groups is 2. The predicted octanol–water partition coefficient (Wildman–Crippen LogP) is 2.29. The highest BCUT2D eigenvalue weighted by Gasteiger charge is 2.39. The van der Waals surface area contributed by atoms with Crippen molar-refractivity contribution in [3.63, 3.8) is 0 Å². The molecule has 0 aromatic rings. The number of nitrogens with one attached hydrogen (secondary N) is 2. The molecule has 1 heterocycles. The molecule has 2 atom stereocenters. The molecule has 0 radical (unpaired) electrons. The fourth-order valence-corrected chi connectivity index (χ4v) is 4.27. The standard InChI is InChI=1S/C20H33FN4O2/c1-15(2)24-19(27)20(7-4-3-5-8-20)9-6-10-23-13-18(26)25-14-16(21)11-17(25)12-22/h15-17,23H,3-11,13-14H2,1-2H3,(H,24,27)/t16-,17-/m0/s1. The van der Waals surface area contributed by atoms with E-state index in [2.05, 4.69) is 10.6 Å². The fraction of sp³-hybridized carbons (Fsp3) is 0.850. The van der Waals surface area contributed by atoms with Crippen molar-refractivity contribution in [1.29, 1.82) is 5.26 Å². The smallest absolute Gasteiger partial charge is 0.237 e. The molecule has 2 rings (SSSR count). The van der Waals surface area contributed by atoms with Crippen molar-refractivity contribution in [2.24, 2.45) is 5.41 Å². The van der Waals surface area contributed by atoms with Gasteiger partial charge in [0.05, 0.1) is 19.2 Å². The highest BCUT2D eigenvalue weighted by molar-refractivity contribution is 5.83. The largest absolute Gasteiger partial charge is 0.353 e. The Morgan fingerprint density at radius 2 is 2.00 bits per heavy atom. The molecule has 0 bridgehead atoms. The Labute approximate surface area is 161 Å². The lowest BCUT2D eigenvalue weighted by atomic mass is 9.70. The quantitative estimate of drug-likeness (QED) is 0.633. The van der Waals surface area contributed by atoms with Crippen molar-refractivity contribution in [2.45, 2.75) is 83.5 Å².